The molecule has 15 heavy (non-hydrogen) atoms. The number of para-hydroxylation sites is 2. The van der Waals surface area contributed by atoms with Crippen molar-refractivity contribution in [1.82, 2.24) is 10.3 Å². The van der Waals surface area contributed by atoms with E-state index in [4.69, 9.17) is 10.5 Å². The topological polar surface area (TPSA) is 74.2 Å². The maximum atomic E-state index is 5.71. The molecule has 5 heteroatoms. The monoisotopic (exact) mass is 205 g/mol. The third-order valence-electron chi connectivity index (χ3n) is 2.03. The highest BCUT2D eigenvalue weighted by atomic mass is 16.6. The minimum atomic E-state index is 0.309. The van der Waals surface area contributed by atoms with Crippen LogP contribution >= 0.6 is 0 Å². The summed E-state index contributed by atoms with van der Waals surface area (Å²) in [7, 11) is 0. The fraction of sp³-hybridized carbons (Fsp3) is 0.200. The van der Waals surface area contributed by atoms with E-state index in [0.717, 1.165) is 5.69 Å². The molecule has 0 amide bonds. The van der Waals surface area contributed by atoms with Gasteiger partial charge in [-0.05, 0) is 19.1 Å². The first-order valence-corrected chi connectivity index (χ1v) is 4.52. The standard InChI is InChI=1S/C10H11N3O2/c1-7-9(13-15-12-7)6-14-10-5-3-2-4-8(10)11/h2-5H,6,11H2,1H3. The van der Waals surface area contributed by atoms with Gasteiger partial charge in [-0.3, -0.25) is 0 Å². The molecule has 0 spiro atoms. The van der Waals surface area contributed by atoms with Crippen LogP contribution in [0.25, 0.3) is 0 Å². The molecule has 1 aromatic heterocycles. The maximum absolute atomic E-state index is 5.71. The van der Waals surface area contributed by atoms with Crippen molar-refractivity contribution in [1.29, 1.82) is 0 Å². The summed E-state index contributed by atoms with van der Waals surface area (Å²) in [6.07, 6.45) is 0. The van der Waals surface area contributed by atoms with Gasteiger partial charge in [-0.1, -0.05) is 22.4 Å². The molecule has 2 aromatic rings. The molecule has 5 nitrogen and oxygen atoms in total. The lowest BCUT2D eigenvalue weighted by atomic mass is 10.3. The molecule has 2 rings (SSSR count). The third-order valence-corrected chi connectivity index (χ3v) is 2.03. The molecule has 0 atom stereocenters. The van der Waals surface area contributed by atoms with Gasteiger partial charge in [0.15, 0.2) is 0 Å². The first-order chi connectivity index (χ1) is 7.27. The largest absolute Gasteiger partial charge is 0.485 e. The van der Waals surface area contributed by atoms with Crippen LogP contribution in [0, 0.1) is 6.92 Å². The normalized spacial score (nSPS) is 10.2. The van der Waals surface area contributed by atoms with Gasteiger partial charge < -0.3 is 10.5 Å². The van der Waals surface area contributed by atoms with Crippen LogP contribution < -0.4 is 10.5 Å². The number of aromatic nitrogens is 2. The first kappa shape index (κ1) is 9.51. The Bertz CT molecular complexity index is 453. The van der Waals surface area contributed by atoms with Crippen molar-refractivity contribution in [2.75, 3.05) is 5.73 Å². The Morgan fingerprint density at radius 2 is 2.13 bits per heavy atom. The van der Waals surface area contributed by atoms with Gasteiger partial charge in [0.05, 0.1) is 5.69 Å². The van der Waals surface area contributed by atoms with E-state index in [0.29, 0.717) is 23.7 Å². The fourth-order valence-corrected chi connectivity index (χ4v) is 1.14. The zero-order valence-corrected chi connectivity index (χ0v) is 8.30. The van der Waals surface area contributed by atoms with Gasteiger partial charge in [0.1, 0.15) is 23.7 Å². The summed E-state index contributed by atoms with van der Waals surface area (Å²) in [6, 6.07) is 7.30. The molecule has 0 saturated heterocycles. The van der Waals surface area contributed by atoms with Crippen LogP contribution in [0.1, 0.15) is 11.4 Å². The average Bonchev–Trinajstić information content (AvgIpc) is 2.63. The van der Waals surface area contributed by atoms with E-state index in [-0.39, 0.29) is 0 Å². The van der Waals surface area contributed by atoms with Crippen LogP contribution in [0.4, 0.5) is 5.69 Å². The molecule has 78 valence electrons. The Kier molecular flexibility index (Phi) is 2.53. The first-order valence-electron chi connectivity index (χ1n) is 4.52. The van der Waals surface area contributed by atoms with Crippen LogP contribution in [-0.4, -0.2) is 10.3 Å². The van der Waals surface area contributed by atoms with Gasteiger partial charge in [-0.15, -0.1) is 0 Å². The fourth-order valence-electron chi connectivity index (χ4n) is 1.14. The summed E-state index contributed by atoms with van der Waals surface area (Å²) in [4.78, 5) is 0. The van der Waals surface area contributed by atoms with Gasteiger partial charge in [-0.2, -0.15) is 0 Å². The summed E-state index contributed by atoms with van der Waals surface area (Å²) in [5.41, 5.74) is 7.72. The summed E-state index contributed by atoms with van der Waals surface area (Å²) >= 11 is 0. The Morgan fingerprint density at radius 1 is 1.33 bits per heavy atom. The molecule has 0 saturated carbocycles. The predicted molar refractivity (Wildman–Crippen MR) is 54.2 cm³/mol. The van der Waals surface area contributed by atoms with Crippen molar-refractivity contribution in [3.05, 3.63) is 35.7 Å². The SMILES string of the molecule is Cc1nonc1COc1ccccc1N. The van der Waals surface area contributed by atoms with Crippen molar-refractivity contribution in [2.45, 2.75) is 13.5 Å². The second kappa shape index (κ2) is 4.00. The van der Waals surface area contributed by atoms with E-state index in [9.17, 15) is 0 Å². The number of benzene rings is 1. The number of aryl methyl sites for hydroxylation is 1. The van der Waals surface area contributed by atoms with Crippen LogP contribution in [0.5, 0.6) is 5.75 Å². The molecule has 0 radical (unpaired) electrons. The lowest BCUT2D eigenvalue weighted by Crippen LogP contribution is -2.00. The van der Waals surface area contributed by atoms with Crippen molar-refractivity contribution in [3.8, 4) is 5.75 Å². The Balaban J connectivity index is 2.06. The maximum Gasteiger partial charge on any atom is 0.145 e. The van der Waals surface area contributed by atoms with E-state index in [2.05, 4.69) is 14.9 Å². The highest BCUT2D eigenvalue weighted by Crippen LogP contribution is 2.20. The number of nitrogens with zero attached hydrogens (tertiary/aromatic N) is 2. The number of rotatable bonds is 3. The van der Waals surface area contributed by atoms with Crippen LogP contribution in [0.2, 0.25) is 0 Å². The van der Waals surface area contributed by atoms with E-state index in [1.54, 1.807) is 12.1 Å². The molecular formula is C10H11N3O2. The number of ether oxygens (including phenoxy) is 1. The van der Waals surface area contributed by atoms with Gasteiger partial charge in [-0.25, -0.2) is 4.63 Å². The number of nitrogen functional groups attached to an aromatic ring is 1. The second-order valence-corrected chi connectivity index (χ2v) is 3.12. The quantitative estimate of drug-likeness (QED) is 0.769. The Morgan fingerprint density at radius 3 is 2.80 bits per heavy atom. The lowest BCUT2D eigenvalue weighted by Gasteiger charge is -2.06. The van der Waals surface area contributed by atoms with Crippen molar-refractivity contribution >= 4 is 5.69 Å². The van der Waals surface area contributed by atoms with Crippen molar-refractivity contribution in [2.24, 2.45) is 0 Å². The smallest absolute Gasteiger partial charge is 0.145 e. The zero-order valence-electron chi connectivity index (χ0n) is 8.30. The number of hydrogen-bond donors (Lipinski definition) is 1. The predicted octanol–water partition coefficient (Wildman–Crippen LogP) is 1.54. The number of hydrogen-bond acceptors (Lipinski definition) is 5. The molecule has 2 N–H and O–H groups in total. The Labute approximate surface area is 86.8 Å². The second-order valence-electron chi connectivity index (χ2n) is 3.12. The molecule has 0 fully saturated rings. The summed E-state index contributed by atoms with van der Waals surface area (Å²) < 4.78 is 10.0. The van der Waals surface area contributed by atoms with Crippen molar-refractivity contribution < 1.29 is 9.37 Å². The van der Waals surface area contributed by atoms with Gasteiger partial charge in [0.2, 0.25) is 0 Å². The molecular weight excluding hydrogens is 194 g/mol. The minimum absolute atomic E-state index is 0.309. The van der Waals surface area contributed by atoms with Crippen LogP contribution in [0.15, 0.2) is 28.9 Å². The highest BCUT2D eigenvalue weighted by Gasteiger charge is 2.06. The minimum Gasteiger partial charge on any atom is -0.485 e. The van der Waals surface area contributed by atoms with E-state index in [1.807, 2.05) is 19.1 Å². The number of anilines is 1. The van der Waals surface area contributed by atoms with Crippen LogP contribution in [-0.2, 0) is 6.61 Å². The summed E-state index contributed by atoms with van der Waals surface area (Å²) in [5, 5.41) is 7.36. The average molecular weight is 205 g/mol. The molecule has 0 bridgehead atoms. The Hall–Kier alpha value is -2.04. The van der Waals surface area contributed by atoms with E-state index < -0.39 is 0 Å². The molecule has 0 aliphatic carbocycles. The van der Waals surface area contributed by atoms with Gasteiger partial charge >= 0.3 is 0 Å². The zero-order chi connectivity index (χ0) is 10.7. The van der Waals surface area contributed by atoms with Gasteiger partial charge in [0.25, 0.3) is 0 Å². The lowest BCUT2D eigenvalue weighted by molar-refractivity contribution is 0.271. The third kappa shape index (κ3) is 2.07. The molecule has 1 heterocycles. The van der Waals surface area contributed by atoms with Gasteiger partial charge in [0, 0.05) is 0 Å². The molecule has 0 aliphatic rings. The van der Waals surface area contributed by atoms with E-state index in [1.165, 1.54) is 0 Å². The van der Waals surface area contributed by atoms with Crippen LogP contribution in [0.3, 0.4) is 0 Å². The highest BCUT2D eigenvalue weighted by molar-refractivity contribution is 5.51. The van der Waals surface area contributed by atoms with Crippen molar-refractivity contribution in [3.63, 3.8) is 0 Å². The molecule has 1 aromatic carbocycles. The number of nitrogens with two attached hydrogens (primary N) is 1. The summed E-state index contributed by atoms with van der Waals surface area (Å²) in [6.45, 7) is 2.12. The molecule has 0 unspecified atom stereocenters. The van der Waals surface area contributed by atoms with E-state index >= 15 is 0 Å². The molecule has 0 aliphatic heterocycles. The summed E-state index contributed by atoms with van der Waals surface area (Å²) in [5.74, 6) is 0.639.